The quantitative estimate of drug-likeness (QED) is 0.796. The number of rotatable bonds is 5. The Morgan fingerprint density at radius 1 is 1.35 bits per heavy atom. The van der Waals surface area contributed by atoms with Gasteiger partial charge in [0.25, 0.3) is 0 Å². The van der Waals surface area contributed by atoms with E-state index < -0.39 is 0 Å². The number of aliphatic hydroxyl groups is 1. The van der Waals surface area contributed by atoms with Crippen LogP contribution in [0.4, 0.5) is 0 Å². The molecule has 1 heteroatoms. The van der Waals surface area contributed by atoms with Crippen molar-refractivity contribution in [3.8, 4) is 0 Å². The van der Waals surface area contributed by atoms with Crippen molar-refractivity contribution in [3.63, 3.8) is 0 Å². The minimum atomic E-state index is -0.287. The Labute approximate surface area is 105 Å². The molecule has 0 spiro atoms. The number of aliphatic hydroxyl groups excluding tert-OH is 1. The fourth-order valence-electron chi connectivity index (χ4n) is 2.45. The third-order valence-electron chi connectivity index (χ3n) is 4.19. The van der Waals surface area contributed by atoms with Gasteiger partial charge in [-0.3, -0.25) is 0 Å². The van der Waals surface area contributed by atoms with Gasteiger partial charge in [0.1, 0.15) is 0 Å². The summed E-state index contributed by atoms with van der Waals surface area (Å²) in [6.45, 7) is 4.39. The largest absolute Gasteiger partial charge is 0.388 e. The second-order valence-electron chi connectivity index (χ2n) is 5.56. The topological polar surface area (TPSA) is 20.2 Å². The molecule has 1 aliphatic carbocycles. The normalized spacial score (nSPS) is 19.7. The second kappa shape index (κ2) is 5.68. The lowest BCUT2D eigenvalue weighted by Crippen LogP contribution is -2.10. The smallest absolute Gasteiger partial charge is 0.0792 e. The third kappa shape index (κ3) is 3.10. The van der Waals surface area contributed by atoms with Gasteiger partial charge in [-0.1, -0.05) is 51.0 Å². The lowest BCUT2D eigenvalue weighted by atomic mass is 9.79. The minimum Gasteiger partial charge on any atom is -0.388 e. The maximum Gasteiger partial charge on any atom is 0.0792 e. The van der Waals surface area contributed by atoms with E-state index in [0.29, 0.717) is 5.92 Å². The summed E-state index contributed by atoms with van der Waals surface area (Å²) >= 11 is 0. The van der Waals surface area contributed by atoms with E-state index in [1.54, 1.807) is 0 Å². The lowest BCUT2D eigenvalue weighted by molar-refractivity contribution is 0.146. The zero-order valence-corrected chi connectivity index (χ0v) is 11.0. The van der Waals surface area contributed by atoms with Crippen molar-refractivity contribution < 1.29 is 5.11 Å². The van der Waals surface area contributed by atoms with Crippen LogP contribution in [0.2, 0.25) is 0 Å². The van der Waals surface area contributed by atoms with Crippen LogP contribution >= 0.6 is 0 Å². The summed E-state index contributed by atoms with van der Waals surface area (Å²) in [5, 5.41) is 10.2. The van der Waals surface area contributed by atoms with Gasteiger partial charge in [-0.15, -0.1) is 0 Å². The Balaban J connectivity index is 2.04. The molecule has 0 aromatic heterocycles. The molecule has 0 radical (unpaired) electrons. The Morgan fingerprint density at radius 3 is 2.71 bits per heavy atom. The lowest BCUT2D eigenvalue weighted by Gasteiger charge is -2.26. The van der Waals surface area contributed by atoms with Crippen LogP contribution in [0.3, 0.4) is 0 Å². The summed E-state index contributed by atoms with van der Waals surface area (Å²) in [5.74, 6) is 1.35. The van der Waals surface area contributed by atoms with E-state index in [1.807, 2.05) is 0 Å². The van der Waals surface area contributed by atoms with Gasteiger partial charge in [-0.05, 0) is 42.2 Å². The average molecular weight is 232 g/mol. The molecule has 0 aliphatic heterocycles. The fourth-order valence-corrected chi connectivity index (χ4v) is 2.45. The van der Waals surface area contributed by atoms with Crippen LogP contribution in [-0.2, 0) is 0 Å². The van der Waals surface area contributed by atoms with Crippen LogP contribution < -0.4 is 0 Å². The Bertz CT molecular complexity index is 354. The van der Waals surface area contributed by atoms with Crippen molar-refractivity contribution in [2.75, 3.05) is 0 Å². The van der Waals surface area contributed by atoms with E-state index in [2.05, 4.69) is 38.1 Å². The van der Waals surface area contributed by atoms with Crippen molar-refractivity contribution in [2.45, 2.75) is 58.0 Å². The van der Waals surface area contributed by atoms with E-state index >= 15 is 0 Å². The van der Waals surface area contributed by atoms with E-state index in [4.69, 9.17) is 0 Å². The summed E-state index contributed by atoms with van der Waals surface area (Å²) in [6.07, 6.45) is 5.74. The van der Waals surface area contributed by atoms with Gasteiger partial charge in [0.05, 0.1) is 6.10 Å². The molecule has 94 valence electrons. The van der Waals surface area contributed by atoms with Crippen LogP contribution in [0.5, 0.6) is 0 Å². The van der Waals surface area contributed by atoms with Crippen LogP contribution in [0.25, 0.3) is 0 Å². The summed E-state index contributed by atoms with van der Waals surface area (Å²) in [7, 11) is 0. The van der Waals surface area contributed by atoms with Gasteiger partial charge in [-0.2, -0.15) is 0 Å². The molecule has 0 bridgehead atoms. The molecule has 2 atom stereocenters. The van der Waals surface area contributed by atoms with Crippen molar-refractivity contribution in [1.29, 1.82) is 0 Å². The van der Waals surface area contributed by atoms with Crippen LogP contribution in [0, 0.1) is 5.92 Å². The minimum absolute atomic E-state index is 0.287. The molecule has 1 aromatic rings. The molecule has 1 fully saturated rings. The van der Waals surface area contributed by atoms with Crippen molar-refractivity contribution >= 4 is 0 Å². The Morgan fingerprint density at radius 2 is 2.12 bits per heavy atom. The third-order valence-corrected chi connectivity index (χ3v) is 4.19. The highest BCUT2D eigenvalue weighted by molar-refractivity contribution is 5.29. The summed E-state index contributed by atoms with van der Waals surface area (Å²) in [4.78, 5) is 0. The molecule has 1 N–H and O–H groups in total. The standard InChI is InChI=1S/C16H24O/c1-3-12(2)10-16(17)15-9-5-8-14(11-15)13-6-4-7-13/h5,8-9,11-13,16-17H,3-4,6-7,10H2,1-2H3. The van der Waals surface area contributed by atoms with Crippen molar-refractivity contribution in [1.82, 2.24) is 0 Å². The van der Waals surface area contributed by atoms with Gasteiger partial charge in [0, 0.05) is 0 Å². The molecule has 1 saturated carbocycles. The molecule has 2 unspecified atom stereocenters. The SMILES string of the molecule is CCC(C)CC(O)c1cccc(C2CCC2)c1. The number of hydrogen-bond donors (Lipinski definition) is 1. The van der Waals surface area contributed by atoms with E-state index in [0.717, 1.165) is 24.3 Å². The highest BCUT2D eigenvalue weighted by atomic mass is 16.3. The molecule has 1 aliphatic rings. The van der Waals surface area contributed by atoms with E-state index in [1.165, 1.54) is 24.8 Å². The molecule has 1 aromatic carbocycles. The molecule has 0 saturated heterocycles. The van der Waals surface area contributed by atoms with Gasteiger partial charge in [0.15, 0.2) is 0 Å². The van der Waals surface area contributed by atoms with Crippen molar-refractivity contribution in [3.05, 3.63) is 35.4 Å². The molecule has 2 rings (SSSR count). The van der Waals surface area contributed by atoms with Gasteiger partial charge in [0.2, 0.25) is 0 Å². The maximum atomic E-state index is 10.2. The van der Waals surface area contributed by atoms with Crippen LogP contribution in [0.15, 0.2) is 24.3 Å². The zero-order valence-electron chi connectivity index (χ0n) is 11.0. The maximum absolute atomic E-state index is 10.2. The molecule has 1 nitrogen and oxygen atoms in total. The second-order valence-corrected chi connectivity index (χ2v) is 5.56. The zero-order chi connectivity index (χ0) is 12.3. The Hall–Kier alpha value is -0.820. The first kappa shape index (κ1) is 12.6. The molecule has 0 amide bonds. The average Bonchev–Trinajstić information content (AvgIpc) is 2.27. The van der Waals surface area contributed by atoms with Gasteiger partial charge in [-0.25, -0.2) is 0 Å². The van der Waals surface area contributed by atoms with E-state index in [-0.39, 0.29) is 6.10 Å². The summed E-state index contributed by atoms with van der Waals surface area (Å²) in [5.41, 5.74) is 2.53. The molecule has 0 heterocycles. The highest BCUT2D eigenvalue weighted by Gasteiger charge is 2.20. The predicted octanol–water partition coefficient (Wildman–Crippen LogP) is 4.42. The molecule has 17 heavy (non-hydrogen) atoms. The first-order valence-electron chi connectivity index (χ1n) is 6.98. The van der Waals surface area contributed by atoms with Crippen LogP contribution in [-0.4, -0.2) is 5.11 Å². The monoisotopic (exact) mass is 232 g/mol. The molecular weight excluding hydrogens is 208 g/mol. The first-order valence-corrected chi connectivity index (χ1v) is 6.98. The van der Waals surface area contributed by atoms with Crippen molar-refractivity contribution in [2.24, 2.45) is 5.92 Å². The predicted molar refractivity (Wildman–Crippen MR) is 72.1 cm³/mol. The fraction of sp³-hybridized carbons (Fsp3) is 0.625. The number of hydrogen-bond acceptors (Lipinski definition) is 1. The summed E-state index contributed by atoms with van der Waals surface area (Å²) in [6, 6.07) is 8.60. The first-order chi connectivity index (χ1) is 8.20. The van der Waals surface area contributed by atoms with Gasteiger partial charge < -0.3 is 5.11 Å². The van der Waals surface area contributed by atoms with Crippen LogP contribution in [0.1, 0.15) is 69.1 Å². The highest BCUT2D eigenvalue weighted by Crippen LogP contribution is 2.37. The number of benzene rings is 1. The Kier molecular flexibility index (Phi) is 4.22. The van der Waals surface area contributed by atoms with E-state index in [9.17, 15) is 5.11 Å². The summed E-state index contributed by atoms with van der Waals surface area (Å²) < 4.78 is 0. The molecular formula is C16H24O. The van der Waals surface area contributed by atoms with Gasteiger partial charge >= 0.3 is 0 Å².